The van der Waals surface area contributed by atoms with E-state index in [-0.39, 0.29) is 11.5 Å². The van der Waals surface area contributed by atoms with Crippen LogP contribution in [0, 0.1) is 0 Å². The first-order chi connectivity index (χ1) is 12.5. The highest BCUT2D eigenvalue weighted by molar-refractivity contribution is 7.12. The molecule has 1 amide bonds. The molecule has 1 aromatic rings. The zero-order valence-corrected chi connectivity index (χ0v) is 16.0. The summed E-state index contributed by atoms with van der Waals surface area (Å²) in [6.07, 6.45) is -2.05. The Labute approximate surface area is 159 Å². The molecule has 1 spiro atoms. The van der Waals surface area contributed by atoms with E-state index in [2.05, 4.69) is 19.0 Å². The van der Waals surface area contributed by atoms with Gasteiger partial charge in [-0.1, -0.05) is 6.07 Å². The number of thiophene rings is 1. The van der Waals surface area contributed by atoms with Crippen LogP contribution in [-0.2, 0) is 9.53 Å². The van der Waals surface area contributed by atoms with Crippen molar-refractivity contribution in [2.24, 2.45) is 0 Å². The van der Waals surface area contributed by atoms with Gasteiger partial charge in [-0.25, -0.2) is 4.79 Å². The van der Waals surface area contributed by atoms with Crippen LogP contribution < -0.4 is 0 Å². The second-order valence-corrected chi connectivity index (χ2v) is 7.84. The molecule has 0 aliphatic carbocycles. The van der Waals surface area contributed by atoms with Gasteiger partial charge in [0, 0.05) is 19.1 Å². The quantitative estimate of drug-likeness (QED) is 0.815. The molecule has 10 heteroatoms. The SMILES string of the molecule is CN(C)C1COC2(CCN(C(=O)c3cccs3)CC2)C1.O=C(O)C(F)(F)F. The van der Waals surface area contributed by atoms with Gasteiger partial charge in [-0.15, -0.1) is 11.3 Å². The van der Waals surface area contributed by atoms with Gasteiger partial charge in [-0.05, 0) is 44.8 Å². The zero-order chi connectivity index (χ0) is 20.2. The number of aliphatic carboxylic acids is 1. The predicted molar refractivity (Wildman–Crippen MR) is 93.9 cm³/mol. The molecule has 1 atom stereocenters. The maximum Gasteiger partial charge on any atom is 0.490 e. The van der Waals surface area contributed by atoms with Crippen LogP contribution in [0.25, 0.3) is 0 Å². The largest absolute Gasteiger partial charge is 0.490 e. The number of amides is 1. The standard InChI is InChI=1S/C15H22N2O2S.C2HF3O2/c1-16(2)12-10-15(19-11-12)5-7-17(8-6-15)14(18)13-4-3-9-20-13;3-2(4,5)1(6)7/h3-4,9,12H,5-8,10-11H2,1-2H3;(H,6,7). The highest BCUT2D eigenvalue weighted by Gasteiger charge is 2.44. The Morgan fingerprint density at radius 3 is 2.33 bits per heavy atom. The molecule has 3 heterocycles. The predicted octanol–water partition coefficient (Wildman–Crippen LogP) is 2.71. The number of carbonyl (C=O) groups excluding carboxylic acids is 1. The van der Waals surface area contributed by atoms with E-state index < -0.39 is 12.1 Å². The molecule has 1 unspecified atom stereocenters. The molecule has 0 radical (unpaired) electrons. The highest BCUT2D eigenvalue weighted by atomic mass is 32.1. The molecule has 1 aromatic heterocycles. The van der Waals surface area contributed by atoms with Crippen molar-refractivity contribution in [3.63, 3.8) is 0 Å². The number of hydrogen-bond donors (Lipinski definition) is 1. The lowest BCUT2D eigenvalue weighted by molar-refractivity contribution is -0.192. The molecule has 2 saturated heterocycles. The van der Waals surface area contributed by atoms with E-state index in [0.717, 1.165) is 43.8 Å². The summed E-state index contributed by atoms with van der Waals surface area (Å²) in [5, 5.41) is 9.08. The third-order valence-electron chi connectivity index (χ3n) is 4.86. The Hall–Kier alpha value is -1.65. The number of carbonyl (C=O) groups is 2. The Morgan fingerprint density at radius 2 is 1.93 bits per heavy atom. The number of likely N-dealkylation sites (tertiary alicyclic amines) is 1. The van der Waals surface area contributed by atoms with Crippen molar-refractivity contribution in [1.82, 2.24) is 9.80 Å². The molecule has 152 valence electrons. The van der Waals surface area contributed by atoms with Gasteiger partial charge in [0.1, 0.15) is 0 Å². The van der Waals surface area contributed by atoms with Crippen molar-refractivity contribution in [3.05, 3.63) is 22.4 Å². The lowest BCUT2D eigenvalue weighted by atomic mass is 9.87. The van der Waals surface area contributed by atoms with Crippen molar-refractivity contribution in [2.45, 2.75) is 37.1 Å². The van der Waals surface area contributed by atoms with Crippen LogP contribution in [0.2, 0.25) is 0 Å². The normalized spacial score (nSPS) is 21.9. The van der Waals surface area contributed by atoms with Crippen LogP contribution in [0.1, 0.15) is 28.9 Å². The molecular weight excluding hydrogens is 385 g/mol. The van der Waals surface area contributed by atoms with Crippen LogP contribution in [0.4, 0.5) is 13.2 Å². The van der Waals surface area contributed by atoms with Gasteiger partial charge in [0.2, 0.25) is 0 Å². The lowest BCUT2D eigenvalue weighted by Gasteiger charge is -2.38. The Kier molecular flexibility index (Phi) is 6.87. The van der Waals surface area contributed by atoms with Crippen LogP contribution in [-0.4, -0.2) is 78.4 Å². The number of hydrogen-bond acceptors (Lipinski definition) is 5. The highest BCUT2D eigenvalue weighted by Crippen LogP contribution is 2.37. The number of ether oxygens (including phenoxy) is 1. The van der Waals surface area contributed by atoms with E-state index >= 15 is 0 Å². The minimum absolute atomic E-state index is 0.0150. The fourth-order valence-corrected chi connectivity index (χ4v) is 3.86. The van der Waals surface area contributed by atoms with E-state index in [4.69, 9.17) is 14.6 Å². The number of likely N-dealkylation sites (N-methyl/N-ethyl adjacent to an activating group) is 1. The number of nitrogens with zero attached hydrogens (tertiary/aromatic N) is 2. The Balaban J connectivity index is 0.000000321. The summed E-state index contributed by atoms with van der Waals surface area (Å²) in [6.45, 7) is 2.46. The molecule has 27 heavy (non-hydrogen) atoms. The number of carboxylic acids is 1. The molecule has 0 aromatic carbocycles. The summed E-state index contributed by atoms with van der Waals surface area (Å²) in [7, 11) is 4.23. The van der Waals surface area contributed by atoms with Crippen molar-refractivity contribution >= 4 is 23.2 Å². The van der Waals surface area contributed by atoms with Crippen molar-refractivity contribution in [1.29, 1.82) is 0 Å². The zero-order valence-electron chi connectivity index (χ0n) is 15.2. The molecule has 1 N–H and O–H groups in total. The van der Waals surface area contributed by atoms with Crippen LogP contribution in [0.3, 0.4) is 0 Å². The van der Waals surface area contributed by atoms with Crippen molar-refractivity contribution < 1.29 is 32.6 Å². The molecular formula is C17H23F3N2O4S. The van der Waals surface area contributed by atoms with E-state index in [1.54, 1.807) is 0 Å². The summed E-state index contributed by atoms with van der Waals surface area (Å²) in [4.78, 5) is 26.3. The van der Waals surface area contributed by atoms with Gasteiger partial charge in [-0.2, -0.15) is 13.2 Å². The number of halogens is 3. The molecule has 2 fully saturated rings. The van der Waals surface area contributed by atoms with E-state index in [1.165, 1.54) is 11.3 Å². The van der Waals surface area contributed by atoms with E-state index in [0.29, 0.717) is 6.04 Å². The van der Waals surface area contributed by atoms with Gasteiger partial charge in [0.15, 0.2) is 0 Å². The molecule has 3 rings (SSSR count). The third kappa shape index (κ3) is 5.66. The first-order valence-corrected chi connectivity index (χ1v) is 9.35. The summed E-state index contributed by atoms with van der Waals surface area (Å²) in [6, 6.07) is 4.37. The molecule has 0 bridgehead atoms. The van der Waals surface area contributed by atoms with E-state index in [9.17, 15) is 18.0 Å². The summed E-state index contributed by atoms with van der Waals surface area (Å²) < 4.78 is 37.8. The van der Waals surface area contributed by atoms with Crippen LogP contribution in [0.5, 0.6) is 0 Å². The van der Waals surface area contributed by atoms with Gasteiger partial charge in [0.25, 0.3) is 5.91 Å². The number of piperidine rings is 1. The van der Waals surface area contributed by atoms with Crippen molar-refractivity contribution in [3.8, 4) is 0 Å². The minimum Gasteiger partial charge on any atom is -0.475 e. The molecule has 2 aliphatic heterocycles. The summed E-state index contributed by atoms with van der Waals surface area (Å²) in [5.74, 6) is -2.58. The van der Waals surface area contributed by atoms with E-state index in [1.807, 2.05) is 22.4 Å². The molecule has 6 nitrogen and oxygen atoms in total. The number of rotatable bonds is 2. The van der Waals surface area contributed by atoms with Crippen LogP contribution >= 0.6 is 11.3 Å². The number of carboxylic acid groups (broad SMARTS) is 1. The maximum absolute atomic E-state index is 12.3. The summed E-state index contributed by atoms with van der Waals surface area (Å²) >= 11 is 1.52. The summed E-state index contributed by atoms with van der Waals surface area (Å²) in [5.41, 5.74) is 0.0150. The second kappa shape index (κ2) is 8.57. The van der Waals surface area contributed by atoms with Crippen molar-refractivity contribution in [2.75, 3.05) is 33.8 Å². The first-order valence-electron chi connectivity index (χ1n) is 8.47. The Bertz CT molecular complexity index is 641. The Morgan fingerprint density at radius 1 is 1.33 bits per heavy atom. The average molecular weight is 408 g/mol. The number of alkyl halides is 3. The lowest BCUT2D eigenvalue weighted by Crippen LogP contribution is -2.46. The minimum atomic E-state index is -5.08. The smallest absolute Gasteiger partial charge is 0.475 e. The third-order valence-corrected chi connectivity index (χ3v) is 5.71. The van der Waals surface area contributed by atoms with Gasteiger partial charge in [0.05, 0.1) is 17.1 Å². The van der Waals surface area contributed by atoms with Gasteiger partial charge in [-0.3, -0.25) is 4.79 Å². The first kappa shape index (κ1) is 21.6. The maximum atomic E-state index is 12.3. The fourth-order valence-electron chi connectivity index (χ4n) is 3.17. The molecule has 2 aliphatic rings. The second-order valence-electron chi connectivity index (χ2n) is 6.89. The van der Waals surface area contributed by atoms with Gasteiger partial charge >= 0.3 is 12.1 Å². The monoisotopic (exact) mass is 408 g/mol. The van der Waals surface area contributed by atoms with Gasteiger partial charge < -0.3 is 19.6 Å². The topological polar surface area (TPSA) is 70.1 Å². The average Bonchev–Trinajstić information content (AvgIpc) is 3.25. The van der Waals surface area contributed by atoms with Crippen LogP contribution in [0.15, 0.2) is 17.5 Å². The fraction of sp³-hybridized carbons (Fsp3) is 0.647. The molecule has 0 saturated carbocycles.